The summed E-state index contributed by atoms with van der Waals surface area (Å²) in [4.78, 5) is 15.8. The van der Waals surface area contributed by atoms with Crippen LogP contribution in [0.4, 0.5) is 4.39 Å². The Morgan fingerprint density at radius 1 is 1.50 bits per heavy atom. The summed E-state index contributed by atoms with van der Waals surface area (Å²) in [5.41, 5.74) is 0. The highest BCUT2D eigenvalue weighted by Gasteiger charge is 2.47. The van der Waals surface area contributed by atoms with Gasteiger partial charge in [-0.15, -0.1) is 4.39 Å². The van der Waals surface area contributed by atoms with Crippen molar-refractivity contribution in [1.82, 2.24) is 0 Å². The third kappa shape index (κ3) is 2.31. The van der Waals surface area contributed by atoms with Crippen LogP contribution in [0.1, 0.15) is 0 Å². The van der Waals surface area contributed by atoms with E-state index in [-0.39, 0.29) is 0 Å². The van der Waals surface area contributed by atoms with Crippen LogP contribution < -0.4 is 0 Å². The predicted molar refractivity (Wildman–Crippen MR) is 24.9 cm³/mol. The monoisotopic (exact) mass is 154 g/mol. The maximum atomic E-state index is 11.9. The minimum absolute atomic E-state index is 1.32. The van der Waals surface area contributed by atoms with Crippen LogP contribution in [-0.2, 0) is 0 Å². The summed E-state index contributed by atoms with van der Waals surface area (Å²) in [5, 5.41) is 26.8. The molecule has 0 aromatic carbocycles. The van der Waals surface area contributed by atoms with Crippen molar-refractivity contribution in [3.63, 3.8) is 0 Å². The van der Waals surface area contributed by atoms with Crippen LogP contribution in [0.15, 0.2) is 0 Å². The van der Waals surface area contributed by atoms with E-state index < -0.39 is 22.4 Å². The molecule has 10 heavy (non-hydrogen) atoms. The van der Waals surface area contributed by atoms with Gasteiger partial charge in [0.05, 0.1) is 4.92 Å². The summed E-state index contributed by atoms with van der Waals surface area (Å²) in [6, 6.07) is 0. The van der Waals surface area contributed by atoms with Crippen LogP contribution >= 0.6 is 0 Å². The van der Waals surface area contributed by atoms with Crippen molar-refractivity contribution in [2.75, 3.05) is 6.54 Å². The molecule has 0 aliphatic rings. The average molecular weight is 154 g/mol. The molecule has 0 heterocycles. The largest absolute Gasteiger partial charge is 0.539 e. The minimum atomic E-state index is -3.95. The highest BCUT2D eigenvalue weighted by molar-refractivity contribution is 4.44. The first-order chi connectivity index (χ1) is 4.36. The average Bonchev–Trinajstić information content (AvgIpc) is 1.60. The number of nitrogens with zero attached hydrogens (tertiary/aromatic N) is 2. The van der Waals surface area contributed by atoms with Crippen molar-refractivity contribution in [3.8, 4) is 0 Å². The second kappa shape index (κ2) is 2.52. The lowest BCUT2D eigenvalue weighted by Gasteiger charge is -2.02. The molecule has 8 heteroatoms. The minimum Gasteiger partial charge on any atom is -0.297 e. The van der Waals surface area contributed by atoms with Crippen LogP contribution in [0.3, 0.4) is 0 Å². The van der Waals surface area contributed by atoms with Crippen LogP contribution in [0.5, 0.6) is 0 Å². The van der Waals surface area contributed by atoms with Gasteiger partial charge in [0.25, 0.3) is 0 Å². The quantitative estimate of drug-likeness (QED) is 0.246. The Bertz CT molecular complexity index is 167. The Morgan fingerprint density at radius 3 is 2.00 bits per heavy atom. The van der Waals surface area contributed by atoms with Crippen LogP contribution in [0, 0.1) is 20.2 Å². The zero-order valence-electron chi connectivity index (χ0n) is 4.56. The van der Waals surface area contributed by atoms with Crippen molar-refractivity contribution < 1.29 is 19.3 Å². The number of aliphatic hydroxyl groups is 1. The molecule has 0 spiro atoms. The number of halogens is 1. The first-order valence-electron chi connectivity index (χ1n) is 2.04. The standard InChI is InChI=1S/C2H3FN2O5/c3-2(6,5(9)10)1-4(7)8/h6H,1H2. The van der Waals surface area contributed by atoms with E-state index in [0.717, 1.165) is 0 Å². The smallest absolute Gasteiger partial charge is 0.297 e. The number of rotatable bonds is 3. The van der Waals surface area contributed by atoms with Crippen molar-refractivity contribution in [2.24, 2.45) is 0 Å². The molecule has 0 aliphatic carbocycles. The van der Waals surface area contributed by atoms with Gasteiger partial charge in [-0.25, -0.2) is 0 Å². The van der Waals surface area contributed by atoms with E-state index >= 15 is 0 Å². The third-order valence-electron chi connectivity index (χ3n) is 0.610. The van der Waals surface area contributed by atoms with E-state index in [1.807, 2.05) is 0 Å². The molecular weight excluding hydrogens is 151 g/mol. The Balaban J connectivity index is 4.13. The molecule has 7 nitrogen and oxygen atoms in total. The van der Waals surface area contributed by atoms with Gasteiger partial charge in [-0.1, -0.05) is 0 Å². The third-order valence-corrected chi connectivity index (χ3v) is 0.610. The van der Waals surface area contributed by atoms with E-state index in [4.69, 9.17) is 5.11 Å². The molecule has 0 aliphatic heterocycles. The number of nitro groups is 2. The zero-order valence-corrected chi connectivity index (χ0v) is 4.56. The van der Waals surface area contributed by atoms with Crippen molar-refractivity contribution in [2.45, 2.75) is 5.98 Å². The highest BCUT2D eigenvalue weighted by atomic mass is 19.2. The predicted octanol–water partition coefficient (Wildman–Crippen LogP) is -0.845. The molecule has 0 fully saturated rings. The highest BCUT2D eigenvalue weighted by Crippen LogP contribution is 2.05. The molecule has 0 aromatic heterocycles. The van der Waals surface area contributed by atoms with Gasteiger partial charge >= 0.3 is 12.5 Å². The Kier molecular flexibility index (Phi) is 2.19. The Labute approximate surface area is 53.4 Å². The molecule has 0 bridgehead atoms. The summed E-state index contributed by atoms with van der Waals surface area (Å²) in [5.74, 6) is -3.95. The molecular formula is C2H3FN2O5. The molecule has 0 saturated heterocycles. The SMILES string of the molecule is O=[N+]([O-])CC(O)(F)[N+](=O)[O-]. The van der Waals surface area contributed by atoms with E-state index in [2.05, 4.69) is 0 Å². The topological polar surface area (TPSA) is 107 Å². The van der Waals surface area contributed by atoms with Gasteiger partial charge in [0, 0.05) is 4.92 Å². The fourth-order valence-corrected chi connectivity index (χ4v) is 0.222. The van der Waals surface area contributed by atoms with Gasteiger partial charge in [0.15, 0.2) is 0 Å². The van der Waals surface area contributed by atoms with Gasteiger partial charge in [-0.2, -0.15) is 0 Å². The fraction of sp³-hybridized carbons (Fsp3) is 1.00. The van der Waals surface area contributed by atoms with Crippen LogP contribution in [-0.4, -0.2) is 27.5 Å². The van der Waals surface area contributed by atoms with Crippen LogP contribution in [0.2, 0.25) is 0 Å². The number of alkyl halides is 1. The van der Waals surface area contributed by atoms with Crippen molar-refractivity contribution in [1.29, 1.82) is 0 Å². The number of hydrogen-bond acceptors (Lipinski definition) is 5. The van der Waals surface area contributed by atoms with Gasteiger partial charge in [0.1, 0.15) is 0 Å². The van der Waals surface area contributed by atoms with Crippen LogP contribution in [0.25, 0.3) is 0 Å². The first kappa shape index (κ1) is 8.69. The molecule has 0 radical (unpaired) electrons. The maximum absolute atomic E-state index is 11.9. The molecule has 1 unspecified atom stereocenters. The van der Waals surface area contributed by atoms with Gasteiger partial charge < -0.3 is 0 Å². The molecule has 0 rings (SSSR count). The fourth-order valence-electron chi connectivity index (χ4n) is 0.222. The molecule has 1 atom stereocenters. The second-order valence-electron chi connectivity index (χ2n) is 1.47. The lowest BCUT2D eigenvalue weighted by atomic mass is 10.5. The zero-order chi connectivity index (χ0) is 8.36. The van der Waals surface area contributed by atoms with Crippen molar-refractivity contribution >= 4 is 0 Å². The maximum Gasteiger partial charge on any atom is 0.539 e. The van der Waals surface area contributed by atoms with Gasteiger partial charge in [0.2, 0.25) is 0 Å². The van der Waals surface area contributed by atoms with E-state index in [1.54, 1.807) is 0 Å². The second-order valence-corrected chi connectivity index (χ2v) is 1.47. The molecule has 0 aromatic rings. The first-order valence-corrected chi connectivity index (χ1v) is 2.04. The molecule has 1 N–H and O–H groups in total. The summed E-state index contributed by atoms with van der Waals surface area (Å²) >= 11 is 0. The molecule has 0 amide bonds. The van der Waals surface area contributed by atoms with E-state index in [1.165, 1.54) is 0 Å². The number of hydrogen-bond donors (Lipinski definition) is 1. The molecule has 0 saturated carbocycles. The van der Waals surface area contributed by atoms with Gasteiger partial charge in [-0.05, 0) is 0 Å². The Morgan fingerprint density at radius 2 is 1.90 bits per heavy atom. The lowest BCUT2D eigenvalue weighted by Crippen LogP contribution is -2.40. The normalized spacial score (nSPS) is 15.8. The van der Waals surface area contributed by atoms with Crippen molar-refractivity contribution in [3.05, 3.63) is 20.2 Å². The summed E-state index contributed by atoms with van der Waals surface area (Å²) in [6.45, 7) is -1.75. The summed E-state index contributed by atoms with van der Waals surface area (Å²) < 4.78 is 11.9. The Hall–Kier alpha value is -1.31. The molecule has 58 valence electrons. The van der Waals surface area contributed by atoms with E-state index in [0.29, 0.717) is 0 Å². The van der Waals surface area contributed by atoms with E-state index in [9.17, 15) is 24.6 Å². The van der Waals surface area contributed by atoms with Gasteiger partial charge in [-0.3, -0.25) is 25.3 Å². The summed E-state index contributed by atoms with van der Waals surface area (Å²) in [6.07, 6.45) is 0. The lowest BCUT2D eigenvalue weighted by molar-refractivity contribution is -0.705. The summed E-state index contributed by atoms with van der Waals surface area (Å²) in [7, 11) is 0.